The molecule has 1 aliphatic carbocycles. The van der Waals surface area contributed by atoms with E-state index in [0.29, 0.717) is 12.4 Å². The van der Waals surface area contributed by atoms with E-state index in [2.05, 4.69) is 16.9 Å². The zero-order valence-corrected chi connectivity index (χ0v) is 10.7. The number of hydrogen-bond acceptors (Lipinski definition) is 4. The number of fused-ring (bicyclic) bond motifs is 1. The van der Waals surface area contributed by atoms with Gasteiger partial charge in [-0.3, -0.25) is 0 Å². The van der Waals surface area contributed by atoms with E-state index >= 15 is 0 Å². The Kier molecular flexibility index (Phi) is 3.94. The third-order valence-electron chi connectivity index (χ3n) is 3.19. The first-order chi connectivity index (χ1) is 8.26. The van der Waals surface area contributed by atoms with Crippen LogP contribution in [0.5, 0.6) is 0 Å². The zero-order chi connectivity index (χ0) is 12.3. The van der Waals surface area contributed by atoms with Gasteiger partial charge < -0.3 is 10.5 Å². The molecule has 4 heteroatoms. The highest BCUT2D eigenvalue weighted by atomic mass is 16.5. The molecular weight excluding hydrogens is 214 g/mol. The summed E-state index contributed by atoms with van der Waals surface area (Å²) in [6, 6.07) is 0. The Morgan fingerprint density at radius 3 is 2.82 bits per heavy atom. The van der Waals surface area contributed by atoms with Gasteiger partial charge in [-0.1, -0.05) is 13.3 Å². The van der Waals surface area contributed by atoms with E-state index in [9.17, 15) is 0 Å². The number of aryl methyl sites for hydroxylation is 1. The van der Waals surface area contributed by atoms with Gasteiger partial charge in [-0.25, -0.2) is 9.97 Å². The highest BCUT2D eigenvalue weighted by molar-refractivity contribution is 5.44. The molecule has 0 amide bonds. The fourth-order valence-corrected chi connectivity index (χ4v) is 2.38. The van der Waals surface area contributed by atoms with Gasteiger partial charge in [0.05, 0.1) is 0 Å². The molecule has 1 atom stereocenters. The van der Waals surface area contributed by atoms with E-state index in [0.717, 1.165) is 49.2 Å². The summed E-state index contributed by atoms with van der Waals surface area (Å²) in [6.07, 6.45) is 5.20. The lowest BCUT2D eigenvalue weighted by atomic mass is 10.1. The van der Waals surface area contributed by atoms with Crippen LogP contribution in [0, 0.1) is 0 Å². The Bertz CT molecular complexity index is 386. The number of ether oxygens (including phenoxy) is 1. The average molecular weight is 235 g/mol. The summed E-state index contributed by atoms with van der Waals surface area (Å²) in [5, 5.41) is 0. The molecule has 0 aliphatic heterocycles. The molecule has 2 N–H and O–H groups in total. The second-order valence-electron chi connectivity index (χ2n) is 4.48. The van der Waals surface area contributed by atoms with Crippen LogP contribution in [0.1, 0.15) is 56.3 Å². The fraction of sp³-hybridized carbons (Fsp3) is 0.692. The van der Waals surface area contributed by atoms with Crippen molar-refractivity contribution in [3.05, 3.63) is 17.1 Å². The van der Waals surface area contributed by atoms with E-state index in [1.165, 1.54) is 0 Å². The quantitative estimate of drug-likeness (QED) is 0.851. The third kappa shape index (κ3) is 2.57. The second-order valence-corrected chi connectivity index (χ2v) is 4.48. The number of aromatic nitrogens is 2. The van der Waals surface area contributed by atoms with Crippen molar-refractivity contribution in [2.75, 3.05) is 12.3 Å². The SMILES string of the molecule is CCCC(OCC)c1nc(N)c2c(n1)CCC2. The molecule has 2 rings (SSSR count). The minimum absolute atomic E-state index is 0.00167. The molecular formula is C13H21N3O. The van der Waals surface area contributed by atoms with Gasteiger partial charge in [-0.15, -0.1) is 0 Å². The second kappa shape index (κ2) is 5.45. The maximum atomic E-state index is 6.00. The highest BCUT2D eigenvalue weighted by Crippen LogP contribution is 2.28. The van der Waals surface area contributed by atoms with Crippen molar-refractivity contribution < 1.29 is 4.74 Å². The molecule has 1 aliphatic rings. The molecule has 1 aromatic heterocycles. The molecule has 4 nitrogen and oxygen atoms in total. The van der Waals surface area contributed by atoms with Crippen molar-refractivity contribution in [1.82, 2.24) is 9.97 Å². The average Bonchev–Trinajstić information content (AvgIpc) is 2.77. The molecule has 0 bridgehead atoms. The van der Waals surface area contributed by atoms with Gasteiger partial charge in [0.1, 0.15) is 11.9 Å². The summed E-state index contributed by atoms with van der Waals surface area (Å²) in [4.78, 5) is 9.06. The van der Waals surface area contributed by atoms with Crippen molar-refractivity contribution in [2.24, 2.45) is 0 Å². The molecule has 0 saturated carbocycles. The zero-order valence-electron chi connectivity index (χ0n) is 10.7. The van der Waals surface area contributed by atoms with Crippen molar-refractivity contribution in [1.29, 1.82) is 0 Å². The molecule has 1 unspecified atom stereocenters. The van der Waals surface area contributed by atoms with Crippen LogP contribution in [0.4, 0.5) is 5.82 Å². The van der Waals surface area contributed by atoms with E-state index in [4.69, 9.17) is 10.5 Å². The van der Waals surface area contributed by atoms with Crippen LogP contribution in [0.2, 0.25) is 0 Å². The summed E-state index contributed by atoms with van der Waals surface area (Å²) in [5.74, 6) is 1.43. The lowest BCUT2D eigenvalue weighted by molar-refractivity contribution is 0.0493. The highest BCUT2D eigenvalue weighted by Gasteiger charge is 2.21. The van der Waals surface area contributed by atoms with Crippen LogP contribution in [0.25, 0.3) is 0 Å². The topological polar surface area (TPSA) is 61.0 Å². The Labute approximate surface area is 103 Å². The standard InChI is InChI=1S/C13H21N3O/c1-3-6-11(17-4-2)13-15-10-8-5-7-9(10)12(14)16-13/h11H,3-8H2,1-2H3,(H2,14,15,16). The van der Waals surface area contributed by atoms with Crippen molar-refractivity contribution in [2.45, 2.75) is 52.1 Å². The number of nitrogens with zero attached hydrogens (tertiary/aromatic N) is 2. The fourth-order valence-electron chi connectivity index (χ4n) is 2.38. The molecule has 1 heterocycles. The maximum absolute atomic E-state index is 6.00. The molecule has 1 aromatic rings. The van der Waals surface area contributed by atoms with E-state index in [1.807, 2.05) is 6.92 Å². The van der Waals surface area contributed by atoms with Crippen LogP contribution >= 0.6 is 0 Å². The van der Waals surface area contributed by atoms with Crippen molar-refractivity contribution >= 4 is 5.82 Å². The number of nitrogen functional groups attached to an aromatic ring is 1. The summed E-state index contributed by atoms with van der Waals surface area (Å²) in [7, 11) is 0. The van der Waals surface area contributed by atoms with E-state index in [-0.39, 0.29) is 6.10 Å². The monoisotopic (exact) mass is 235 g/mol. The van der Waals surface area contributed by atoms with Crippen LogP contribution in [-0.2, 0) is 17.6 Å². The van der Waals surface area contributed by atoms with Crippen LogP contribution in [-0.4, -0.2) is 16.6 Å². The van der Waals surface area contributed by atoms with Gasteiger partial charge in [0, 0.05) is 17.9 Å². The molecule has 0 aromatic carbocycles. The molecule has 17 heavy (non-hydrogen) atoms. The van der Waals surface area contributed by atoms with E-state index in [1.54, 1.807) is 0 Å². The maximum Gasteiger partial charge on any atom is 0.159 e. The minimum Gasteiger partial charge on any atom is -0.383 e. The number of hydrogen-bond donors (Lipinski definition) is 1. The van der Waals surface area contributed by atoms with Gasteiger partial charge in [-0.2, -0.15) is 0 Å². The minimum atomic E-state index is -0.00167. The van der Waals surface area contributed by atoms with Gasteiger partial charge in [0.25, 0.3) is 0 Å². The summed E-state index contributed by atoms with van der Waals surface area (Å²) >= 11 is 0. The smallest absolute Gasteiger partial charge is 0.159 e. The Morgan fingerprint density at radius 1 is 1.29 bits per heavy atom. The molecule has 0 radical (unpaired) electrons. The third-order valence-corrected chi connectivity index (χ3v) is 3.19. The number of anilines is 1. The first-order valence-corrected chi connectivity index (χ1v) is 6.53. The number of rotatable bonds is 5. The van der Waals surface area contributed by atoms with Gasteiger partial charge in [0.2, 0.25) is 0 Å². The lowest BCUT2D eigenvalue weighted by Gasteiger charge is -2.16. The predicted octanol–water partition coefficient (Wildman–Crippen LogP) is 2.43. The summed E-state index contributed by atoms with van der Waals surface area (Å²) in [6.45, 7) is 4.83. The summed E-state index contributed by atoms with van der Waals surface area (Å²) in [5.41, 5.74) is 8.28. The van der Waals surface area contributed by atoms with Crippen LogP contribution in [0.15, 0.2) is 0 Å². The van der Waals surface area contributed by atoms with Crippen LogP contribution in [0.3, 0.4) is 0 Å². The molecule has 0 fully saturated rings. The molecule has 94 valence electrons. The Morgan fingerprint density at radius 2 is 2.12 bits per heavy atom. The Balaban J connectivity index is 2.27. The predicted molar refractivity (Wildman–Crippen MR) is 67.7 cm³/mol. The van der Waals surface area contributed by atoms with Gasteiger partial charge in [0.15, 0.2) is 5.82 Å². The van der Waals surface area contributed by atoms with Crippen LogP contribution < -0.4 is 5.73 Å². The summed E-state index contributed by atoms with van der Waals surface area (Å²) < 4.78 is 5.70. The first kappa shape index (κ1) is 12.3. The molecule has 0 spiro atoms. The van der Waals surface area contributed by atoms with Crippen molar-refractivity contribution in [3.8, 4) is 0 Å². The first-order valence-electron chi connectivity index (χ1n) is 6.53. The number of nitrogens with two attached hydrogens (primary N) is 1. The van der Waals surface area contributed by atoms with Gasteiger partial charge >= 0.3 is 0 Å². The molecule has 0 saturated heterocycles. The normalized spacial score (nSPS) is 15.9. The van der Waals surface area contributed by atoms with E-state index < -0.39 is 0 Å². The van der Waals surface area contributed by atoms with Crippen molar-refractivity contribution in [3.63, 3.8) is 0 Å². The van der Waals surface area contributed by atoms with Gasteiger partial charge in [-0.05, 0) is 32.6 Å². The lowest BCUT2D eigenvalue weighted by Crippen LogP contribution is -2.12. The Hall–Kier alpha value is -1.16. The largest absolute Gasteiger partial charge is 0.383 e.